The largest absolute Gasteiger partial charge is 0.870 e. The Balaban J connectivity index is 0.000000403. The summed E-state index contributed by atoms with van der Waals surface area (Å²) in [5, 5.41) is 0. The van der Waals surface area contributed by atoms with Gasteiger partial charge in [0, 0.05) is 17.8 Å². The molecule has 2 aromatic heterocycles. The highest BCUT2D eigenvalue weighted by Crippen LogP contribution is 1.99. The summed E-state index contributed by atoms with van der Waals surface area (Å²) in [6.07, 6.45) is 3.39. The van der Waals surface area contributed by atoms with E-state index in [4.69, 9.17) is 0 Å². The van der Waals surface area contributed by atoms with Crippen molar-refractivity contribution in [3.63, 3.8) is 0 Å². The molecular weight excluding hydrogens is 300 g/mol. The van der Waals surface area contributed by atoms with Crippen molar-refractivity contribution in [2.24, 2.45) is 0 Å². The molecule has 124 valence electrons. The summed E-state index contributed by atoms with van der Waals surface area (Å²) in [7, 11) is 2.69. The van der Waals surface area contributed by atoms with E-state index in [2.05, 4.69) is 19.4 Å². The highest BCUT2D eigenvalue weighted by molar-refractivity contribution is 5.87. The number of nitrogens with one attached hydrogen (secondary N) is 1. The molecule has 0 atom stereocenters. The zero-order chi connectivity index (χ0) is 16.5. The first-order valence-corrected chi connectivity index (χ1v) is 6.55. The molecule has 2 N–H and O–H groups in total. The molecule has 0 saturated carbocycles. The molecule has 0 spiro atoms. The molecular formula is C16H20N2O5. The number of aryl methyl sites for hydroxylation is 2. The van der Waals surface area contributed by atoms with Crippen molar-refractivity contribution in [2.75, 3.05) is 14.2 Å². The quantitative estimate of drug-likeness (QED) is 0.777. The number of aromatic amines is 1. The number of esters is 2. The normalized spacial score (nSPS) is 8.87. The van der Waals surface area contributed by atoms with Crippen LogP contribution in [-0.4, -0.2) is 36.6 Å². The van der Waals surface area contributed by atoms with E-state index >= 15 is 0 Å². The van der Waals surface area contributed by atoms with E-state index in [0.717, 1.165) is 11.1 Å². The summed E-state index contributed by atoms with van der Waals surface area (Å²) >= 11 is 0. The monoisotopic (exact) mass is 320 g/mol. The fraction of sp³-hybridized carbons (Fsp3) is 0.250. The fourth-order valence-electron chi connectivity index (χ4n) is 1.43. The van der Waals surface area contributed by atoms with Gasteiger partial charge in [0.1, 0.15) is 5.69 Å². The average Bonchev–Trinajstić information content (AvgIpc) is 2.55. The second-order valence-electron chi connectivity index (χ2n) is 4.48. The van der Waals surface area contributed by atoms with E-state index in [1.807, 2.05) is 26.0 Å². The summed E-state index contributed by atoms with van der Waals surface area (Å²) in [5.41, 5.74) is 2.92. The number of carbonyl (C=O) groups is 2. The Labute approximate surface area is 134 Å². The molecule has 0 radical (unpaired) electrons. The minimum absolute atomic E-state index is 0. The van der Waals surface area contributed by atoms with E-state index in [1.165, 1.54) is 14.2 Å². The first-order valence-electron chi connectivity index (χ1n) is 6.55. The number of methoxy groups -OCH3 is 2. The van der Waals surface area contributed by atoms with E-state index in [0.29, 0.717) is 11.4 Å². The average molecular weight is 320 g/mol. The molecule has 7 nitrogen and oxygen atoms in total. The van der Waals surface area contributed by atoms with Gasteiger partial charge in [-0.2, -0.15) is 0 Å². The predicted molar refractivity (Wildman–Crippen MR) is 81.3 cm³/mol. The minimum atomic E-state index is -0.398. The van der Waals surface area contributed by atoms with Crippen LogP contribution in [0, 0.1) is 13.8 Å². The second kappa shape index (κ2) is 10.0. The third kappa shape index (κ3) is 6.66. The van der Waals surface area contributed by atoms with Crippen molar-refractivity contribution in [3.05, 3.63) is 59.2 Å². The molecule has 2 rings (SSSR count). The zero-order valence-corrected chi connectivity index (χ0v) is 13.5. The Kier molecular flexibility index (Phi) is 8.80. The van der Waals surface area contributed by atoms with Gasteiger partial charge in [-0.25, -0.2) is 19.6 Å². The van der Waals surface area contributed by atoms with Crippen molar-refractivity contribution in [2.45, 2.75) is 13.8 Å². The molecule has 0 fully saturated rings. The lowest BCUT2D eigenvalue weighted by Gasteiger charge is -1.96. The summed E-state index contributed by atoms with van der Waals surface area (Å²) in [6, 6.07) is 7.00. The highest BCUT2D eigenvalue weighted by atomic mass is 16.5. The van der Waals surface area contributed by atoms with Crippen LogP contribution in [0.4, 0.5) is 0 Å². The molecule has 0 unspecified atom stereocenters. The lowest BCUT2D eigenvalue weighted by Crippen LogP contribution is -2.17. The molecule has 23 heavy (non-hydrogen) atoms. The molecule has 2 aromatic rings. The van der Waals surface area contributed by atoms with E-state index < -0.39 is 5.97 Å². The van der Waals surface area contributed by atoms with Gasteiger partial charge >= 0.3 is 11.9 Å². The van der Waals surface area contributed by atoms with Crippen LogP contribution < -0.4 is 4.98 Å². The van der Waals surface area contributed by atoms with Crippen LogP contribution >= 0.6 is 0 Å². The van der Waals surface area contributed by atoms with Gasteiger partial charge in [0.05, 0.1) is 14.2 Å². The molecule has 0 aliphatic rings. The van der Waals surface area contributed by atoms with E-state index in [1.54, 1.807) is 24.5 Å². The Morgan fingerprint density at radius 3 is 2.00 bits per heavy atom. The van der Waals surface area contributed by atoms with Crippen molar-refractivity contribution in [3.8, 4) is 0 Å². The van der Waals surface area contributed by atoms with Crippen molar-refractivity contribution in [1.29, 1.82) is 0 Å². The number of hydrogen-bond acceptors (Lipinski definition) is 6. The topological polar surface area (TPSA) is 110 Å². The number of pyridine rings is 2. The molecule has 0 aromatic carbocycles. The second-order valence-corrected chi connectivity index (χ2v) is 4.48. The molecule has 7 heteroatoms. The van der Waals surface area contributed by atoms with E-state index in [-0.39, 0.29) is 11.4 Å². The van der Waals surface area contributed by atoms with Crippen LogP contribution in [0.15, 0.2) is 36.7 Å². The van der Waals surface area contributed by atoms with Crippen LogP contribution in [0.3, 0.4) is 0 Å². The van der Waals surface area contributed by atoms with Crippen LogP contribution in [0.5, 0.6) is 0 Å². The number of hydrogen-bond donors (Lipinski definition) is 0. The van der Waals surface area contributed by atoms with Gasteiger partial charge < -0.3 is 14.9 Å². The third-order valence-electron chi connectivity index (χ3n) is 2.68. The number of nitrogens with zero attached hydrogens (tertiary/aromatic N) is 1. The summed E-state index contributed by atoms with van der Waals surface area (Å²) in [6.45, 7) is 3.85. The minimum Gasteiger partial charge on any atom is -0.870 e. The Bertz CT molecular complexity index is 566. The number of rotatable bonds is 2. The molecule has 2 heterocycles. The Morgan fingerprint density at radius 1 is 0.957 bits per heavy atom. The van der Waals surface area contributed by atoms with Crippen LogP contribution in [0.1, 0.15) is 32.1 Å². The van der Waals surface area contributed by atoms with Crippen molar-refractivity contribution < 1.29 is 29.5 Å². The molecule has 0 aliphatic carbocycles. The van der Waals surface area contributed by atoms with Crippen LogP contribution in [0.2, 0.25) is 0 Å². The number of ether oxygens (including phenoxy) is 2. The van der Waals surface area contributed by atoms with Gasteiger partial charge in [-0.05, 0) is 31.5 Å². The van der Waals surface area contributed by atoms with Crippen LogP contribution in [-0.2, 0) is 9.47 Å². The smallest absolute Gasteiger partial charge is 0.403 e. The lowest BCUT2D eigenvalue weighted by atomic mass is 10.3. The standard InChI is InChI=1S/2C8H9NO2.H2O/c2*1-6-3-4-7(9-5-6)8(10)11-2;/h2*3-5H,1-2H3;1H2. The lowest BCUT2D eigenvalue weighted by molar-refractivity contribution is -0.384. The Hall–Kier alpha value is -2.80. The Morgan fingerprint density at radius 2 is 1.57 bits per heavy atom. The maximum atomic E-state index is 10.9. The summed E-state index contributed by atoms with van der Waals surface area (Å²) in [5.74, 6) is -0.741. The number of H-pyrrole nitrogens is 1. The van der Waals surface area contributed by atoms with Gasteiger partial charge in [-0.3, -0.25) is 0 Å². The van der Waals surface area contributed by atoms with Gasteiger partial charge in [0.2, 0.25) is 0 Å². The highest BCUT2D eigenvalue weighted by Gasteiger charge is 2.11. The maximum Gasteiger partial charge on any atom is 0.403 e. The summed E-state index contributed by atoms with van der Waals surface area (Å²) < 4.78 is 8.98. The SMILES string of the molecule is COC(=O)c1ccc(C)c[nH+]1.COC(=O)c1ccc(C)cn1.[OH-]. The summed E-state index contributed by atoms with van der Waals surface area (Å²) in [4.78, 5) is 28.4. The van der Waals surface area contributed by atoms with Gasteiger partial charge in [0.15, 0.2) is 6.20 Å². The predicted octanol–water partition coefficient (Wildman–Crippen LogP) is 1.60. The van der Waals surface area contributed by atoms with Crippen molar-refractivity contribution in [1.82, 2.24) is 4.98 Å². The molecule has 0 bridgehead atoms. The van der Waals surface area contributed by atoms with Crippen molar-refractivity contribution >= 4 is 11.9 Å². The van der Waals surface area contributed by atoms with E-state index in [9.17, 15) is 9.59 Å². The number of aromatic nitrogens is 2. The first-order chi connectivity index (χ1) is 10.5. The zero-order valence-electron chi connectivity index (χ0n) is 13.5. The van der Waals surface area contributed by atoms with Gasteiger partial charge in [-0.1, -0.05) is 6.07 Å². The first kappa shape index (κ1) is 20.2. The molecule has 0 amide bonds. The molecule has 0 aliphatic heterocycles. The third-order valence-corrected chi connectivity index (χ3v) is 2.68. The fourth-order valence-corrected chi connectivity index (χ4v) is 1.43. The van der Waals surface area contributed by atoms with Gasteiger partial charge in [-0.15, -0.1) is 0 Å². The number of carbonyl (C=O) groups excluding carboxylic acids is 2. The van der Waals surface area contributed by atoms with Gasteiger partial charge in [0.25, 0.3) is 5.69 Å². The maximum absolute atomic E-state index is 10.9. The van der Waals surface area contributed by atoms with Crippen LogP contribution in [0.25, 0.3) is 0 Å². The molecule has 0 saturated heterocycles.